The molecule has 0 radical (unpaired) electrons. The number of aromatic nitrogens is 2. The summed E-state index contributed by atoms with van der Waals surface area (Å²) < 4.78 is 38.3. The molecule has 0 saturated carbocycles. The zero-order valence-corrected chi connectivity index (χ0v) is 25.1. The first-order chi connectivity index (χ1) is 19.7. The van der Waals surface area contributed by atoms with Crippen LogP contribution in [0.15, 0.2) is 42.7 Å². The largest absolute Gasteiger partial charge is 0.492 e. The van der Waals surface area contributed by atoms with Gasteiger partial charge in [0.2, 0.25) is 0 Å². The fraction of sp³-hybridized carbons (Fsp3) is 0.469. The molecule has 226 valence electrons. The number of hydrogen-bond donors (Lipinski definition) is 2. The summed E-state index contributed by atoms with van der Waals surface area (Å²) in [5.74, 6) is -1.75. The predicted molar refractivity (Wildman–Crippen MR) is 159 cm³/mol. The first-order valence-corrected chi connectivity index (χ1v) is 14.2. The molecule has 0 unspecified atom stereocenters. The summed E-state index contributed by atoms with van der Waals surface area (Å²) in [6, 6.07) is 6.77. The third kappa shape index (κ3) is 7.94. The van der Waals surface area contributed by atoms with Crippen LogP contribution in [0.5, 0.6) is 5.75 Å². The van der Waals surface area contributed by atoms with Crippen LogP contribution >= 0.6 is 0 Å². The number of nitrogens with one attached hydrogen (secondary N) is 1. The zero-order chi connectivity index (χ0) is 30.7. The van der Waals surface area contributed by atoms with Crippen molar-refractivity contribution in [1.82, 2.24) is 9.97 Å². The van der Waals surface area contributed by atoms with Gasteiger partial charge in [0.15, 0.2) is 6.10 Å². The molecule has 3 heterocycles. The molecule has 1 aromatic carbocycles. The lowest BCUT2D eigenvalue weighted by atomic mass is 9.82. The lowest BCUT2D eigenvalue weighted by Gasteiger charge is -2.40. The molecule has 0 spiro atoms. The second-order valence-electron chi connectivity index (χ2n) is 12.4. The van der Waals surface area contributed by atoms with E-state index in [9.17, 15) is 18.7 Å². The molecule has 1 saturated heterocycles. The number of ether oxygens (including phenoxy) is 2. The molecular weight excluding hydrogens is 542 g/mol. The fourth-order valence-corrected chi connectivity index (χ4v) is 5.01. The number of carbonyl (C=O) groups is 1. The number of nitrogens with zero attached hydrogens (tertiary/aromatic N) is 3. The zero-order valence-electron chi connectivity index (χ0n) is 25.1. The van der Waals surface area contributed by atoms with E-state index in [1.807, 2.05) is 39.8 Å². The molecule has 42 heavy (non-hydrogen) atoms. The highest BCUT2D eigenvalue weighted by Crippen LogP contribution is 2.43. The molecule has 10 heteroatoms. The first kappa shape index (κ1) is 31.2. The maximum Gasteiger partial charge on any atom is 0.337 e. The third-order valence-corrected chi connectivity index (χ3v) is 7.27. The van der Waals surface area contributed by atoms with Crippen molar-refractivity contribution in [1.29, 1.82) is 0 Å². The number of carboxylic acid groups (broad SMARTS) is 1. The molecule has 0 bridgehead atoms. The maximum atomic E-state index is 13.4. The minimum Gasteiger partial charge on any atom is -0.492 e. The summed E-state index contributed by atoms with van der Waals surface area (Å²) >= 11 is 0. The Morgan fingerprint density at radius 2 is 1.76 bits per heavy atom. The van der Waals surface area contributed by atoms with Crippen LogP contribution in [0.25, 0.3) is 11.1 Å². The monoisotopic (exact) mass is 582 g/mol. The summed E-state index contributed by atoms with van der Waals surface area (Å²) in [6.07, 6.45) is 4.24. The Morgan fingerprint density at radius 3 is 2.33 bits per heavy atom. The maximum absolute atomic E-state index is 13.4. The molecule has 0 amide bonds. The fourth-order valence-electron chi connectivity index (χ4n) is 5.01. The molecule has 1 aliphatic rings. The first-order valence-electron chi connectivity index (χ1n) is 14.2. The van der Waals surface area contributed by atoms with Crippen molar-refractivity contribution in [2.75, 3.05) is 36.5 Å². The standard InChI is InChI=1S/C32H40F2N4O4/c1-20-27(29(30(39)40)42-31(2,3)4)28(38-12-9-32(5,6)10-13-38)25(19-36-20)21-7-8-26(37-18-21)35-11-14-41-24-16-22(33)15-23(34)17-24/h7-8,15-19,29H,9-14H2,1-6H3,(H,35,37)(H,39,40)/t29-/m0/s1. The van der Waals surface area contributed by atoms with Crippen molar-refractivity contribution in [2.45, 2.75) is 66.1 Å². The van der Waals surface area contributed by atoms with E-state index >= 15 is 0 Å². The quantitative estimate of drug-likeness (QED) is 0.252. The van der Waals surface area contributed by atoms with E-state index in [-0.39, 0.29) is 17.8 Å². The van der Waals surface area contributed by atoms with Gasteiger partial charge < -0.3 is 24.8 Å². The lowest BCUT2D eigenvalue weighted by Crippen LogP contribution is -2.39. The van der Waals surface area contributed by atoms with Crippen molar-refractivity contribution in [3.05, 3.63) is 65.6 Å². The highest BCUT2D eigenvalue weighted by atomic mass is 19.1. The Bertz CT molecular complexity index is 1380. The van der Waals surface area contributed by atoms with Crippen LogP contribution in [0, 0.1) is 24.0 Å². The molecule has 4 rings (SSSR count). The number of rotatable bonds is 10. The summed E-state index contributed by atoms with van der Waals surface area (Å²) in [4.78, 5) is 24.0. The minimum absolute atomic E-state index is 0.115. The van der Waals surface area contributed by atoms with E-state index in [0.717, 1.165) is 60.9 Å². The highest BCUT2D eigenvalue weighted by Gasteiger charge is 2.35. The number of anilines is 2. The smallest absolute Gasteiger partial charge is 0.337 e. The van der Waals surface area contributed by atoms with Gasteiger partial charge in [0.05, 0.1) is 17.8 Å². The van der Waals surface area contributed by atoms with Gasteiger partial charge in [-0.2, -0.15) is 0 Å². The Hall–Kier alpha value is -3.79. The number of piperidine rings is 1. The van der Waals surface area contributed by atoms with Crippen LogP contribution < -0.4 is 15.0 Å². The Labute approximate surface area is 246 Å². The molecule has 3 aromatic rings. The summed E-state index contributed by atoms with van der Waals surface area (Å²) in [5.41, 5.74) is 3.08. The SMILES string of the molecule is Cc1ncc(-c2ccc(NCCOc3cc(F)cc(F)c3)nc2)c(N2CCC(C)(C)CC2)c1[C@H](OC(C)(C)C)C(=O)O. The third-order valence-electron chi connectivity index (χ3n) is 7.27. The highest BCUT2D eigenvalue weighted by molar-refractivity contribution is 5.86. The van der Waals surface area contributed by atoms with Crippen molar-refractivity contribution >= 4 is 17.5 Å². The molecule has 8 nitrogen and oxygen atoms in total. The second-order valence-corrected chi connectivity index (χ2v) is 12.4. The summed E-state index contributed by atoms with van der Waals surface area (Å²) in [7, 11) is 0. The van der Waals surface area contributed by atoms with Gasteiger partial charge in [0.1, 0.15) is 29.8 Å². The molecule has 1 atom stereocenters. The van der Waals surface area contributed by atoms with Crippen LogP contribution in [0.3, 0.4) is 0 Å². The minimum atomic E-state index is -1.19. The van der Waals surface area contributed by atoms with Crippen molar-refractivity contribution in [3.63, 3.8) is 0 Å². The van der Waals surface area contributed by atoms with E-state index in [2.05, 4.69) is 34.0 Å². The van der Waals surface area contributed by atoms with Crippen LogP contribution in [-0.4, -0.2) is 52.9 Å². The molecule has 2 N–H and O–H groups in total. The lowest BCUT2D eigenvalue weighted by molar-refractivity contribution is -0.160. The number of pyridine rings is 2. The Morgan fingerprint density at radius 1 is 1.10 bits per heavy atom. The number of halogens is 2. The molecule has 1 aliphatic heterocycles. The number of aryl methyl sites for hydroxylation is 1. The average Bonchev–Trinajstić information content (AvgIpc) is 2.89. The second kappa shape index (κ2) is 12.6. The molecule has 0 aliphatic carbocycles. The molecule has 1 fully saturated rings. The van der Waals surface area contributed by atoms with Gasteiger partial charge in [-0.1, -0.05) is 13.8 Å². The summed E-state index contributed by atoms with van der Waals surface area (Å²) in [6.45, 7) is 14.0. The van der Waals surface area contributed by atoms with Gasteiger partial charge >= 0.3 is 5.97 Å². The number of carboxylic acids is 1. The van der Waals surface area contributed by atoms with Gasteiger partial charge in [-0.15, -0.1) is 0 Å². The van der Waals surface area contributed by atoms with Gasteiger partial charge in [0, 0.05) is 66.1 Å². The molecular formula is C32H40F2N4O4. The molecule has 2 aromatic heterocycles. The van der Waals surface area contributed by atoms with E-state index in [1.165, 1.54) is 0 Å². The van der Waals surface area contributed by atoms with Crippen molar-refractivity contribution < 1.29 is 28.2 Å². The topological polar surface area (TPSA) is 96.8 Å². The van der Waals surface area contributed by atoms with Crippen LogP contribution in [0.2, 0.25) is 0 Å². The Balaban J connectivity index is 1.61. The van der Waals surface area contributed by atoms with Crippen molar-refractivity contribution in [3.8, 4) is 16.9 Å². The van der Waals surface area contributed by atoms with Gasteiger partial charge in [-0.25, -0.2) is 18.6 Å². The number of benzene rings is 1. The van der Waals surface area contributed by atoms with E-state index in [1.54, 1.807) is 12.4 Å². The van der Waals surface area contributed by atoms with Crippen molar-refractivity contribution in [2.24, 2.45) is 5.41 Å². The summed E-state index contributed by atoms with van der Waals surface area (Å²) in [5, 5.41) is 13.4. The predicted octanol–water partition coefficient (Wildman–Crippen LogP) is 6.79. The van der Waals surface area contributed by atoms with E-state index in [4.69, 9.17) is 9.47 Å². The number of hydrogen-bond acceptors (Lipinski definition) is 7. The van der Waals surface area contributed by atoms with Gasteiger partial charge in [0.25, 0.3) is 0 Å². The number of aliphatic carboxylic acids is 1. The van der Waals surface area contributed by atoms with Crippen LogP contribution in [0.1, 0.15) is 64.8 Å². The van der Waals surface area contributed by atoms with Gasteiger partial charge in [-0.05, 0) is 58.1 Å². The van der Waals surface area contributed by atoms with E-state index < -0.39 is 29.3 Å². The van der Waals surface area contributed by atoms with Crippen LogP contribution in [0.4, 0.5) is 20.3 Å². The Kier molecular flexibility index (Phi) is 9.35. The van der Waals surface area contributed by atoms with E-state index in [0.29, 0.717) is 23.6 Å². The average molecular weight is 583 g/mol. The van der Waals surface area contributed by atoms with Crippen LogP contribution in [-0.2, 0) is 9.53 Å². The normalized spacial score (nSPS) is 15.8. The van der Waals surface area contributed by atoms with Gasteiger partial charge in [-0.3, -0.25) is 4.98 Å².